The van der Waals surface area contributed by atoms with Crippen LogP contribution in [-0.4, -0.2) is 30.5 Å². The number of thioether (sulfide) groups is 1. The maximum absolute atomic E-state index is 13.3. The molecule has 1 atom stereocenters. The molecular formula is C13H19ClF2N2OS. The Hall–Kier alpha value is -0.850. The molecule has 0 saturated carbocycles. The molecule has 7 heteroatoms. The maximum Gasteiger partial charge on any atom is 0.236 e. The van der Waals surface area contributed by atoms with E-state index in [1.54, 1.807) is 11.8 Å². The first kappa shape index (κ1) is 19.1. The van der Waals surface area contributed by atoms with Gasteiger partial charge in [-0.2, -0.15) is 11.8 Å². The smallest absolute Gasteiger partial charge is 0.236 e. The van der Waals surface area contributed by atoms with Crippen LogP contribution in [0.3, 0.4) is 0 Å². The molecule has 0 saturated heterocycles. The topological polar surface area (TPSA) is 55.1 Å². The summed E-state index contributed by atoms with van der Waals surface area (Å²) in [6.07, 6.45) is 2.63. The average Bonchev–Trinajstić information content (AvgIpc) is 2.39. The van der Waals surface area contributed by atoms with Gasteiger partial charge in [-0.15, -0.1) is 12.4 Å². The molecule has 0 spiro atoms. The van der Waals surface area contributed by atoms with E-state index in [2.05, 4.69) is 5.32 Å². The van der Waals surface area contributed by atoms with Crippen molar-refractivity contribution in [1.29, 1.82) is 0 Å². The Bertz CT molecular complexity index is 415. The molecule has 0 aliphatic rings. The molecule has 0 aliphatic carbocycles. The molecule has 0 aliphatic heterocycles. The number of amides is 1. The van der Waals surface area contributed by atoms with Crippen LogP contribution in [0, 0.1) is 11.6 Å². The normalized spacial score (nSPS) is 11.6. The molecule has 0 radical (unpaired) electrons. The lowest BCUT2D eigenvalue weighted by molar-refractivity contribution is -0.122. The maximum atomic E-state index is 13.3. The van der Waals surface area contributed by atoms with Crippen LogP contribution < -0.4 is 11.1 Å². The quantitative estimate of drug-likeness (QED) is 0.808. The lowest BCUT2D eigenvalue weighted by Crippen LogP contribution is -2.41. The van der Waals surface area contributed by atoms with E-state index < -0.39 is 17.7 Å². The minimum absolute atomic E-state index is 0. The van der Waals surface area contributed by atoms with Crippen molar-refractivity contribution in [1.82, 2.24) is 5.32 Å². The van der Waals surface area contributed by atoms with Crippen LogP contribution in [0.5, 0.6) is 0 Å². The number of hydrogen-bond donors (Lipinski definition) is 2. The third-order valence-electron chi connectivity index (χ3n) is 2.71. The summed E-state index contributed by atoms with van der Waals surface area (Å²) in [5, 5.41) is 2.59. The number of nitrogens with two attached hydrogens (primary N) is 1. The average molecular weight is 325 g/mol. The molecule has 1 aromatic carbocycles. The number of carbonyl (C=O) groups is 1. The monoisotopic (exact) mass is 324 g/mol. The van der Waals surface area contributed by atoms with Gasteiger partial charge in [-0.05, 0) is 37.0 Å². The first-order chi connectivity index (χ1) is 9.06. The largest absolute Gasteiger partial charge is 0.354 e. The summed E-state index contributed by atoms with van der Waals surface area (Å²) < 4.78 is 26.6. The molecule has 3 N–H and O–H groups in total. The van der Waals surface area contributed by atoms with Gasteiger partial charge < -0.3 is 11.1 Å². The van der Waals surface area contributed by atoms with Crippen molar-refractivity contribution in [3.63, 3.8) is 0 Å². The summed E-state index contributed by atoms with van der Waals surface area (Å²) >= 11 is 1.61. The summed E-state index contributed by atoms with van der Waals surface area (Å²) in [5.74, 6) is -0.677. The van der Waals surface area contributed by atoms with Crippen LogP contribution in [0.25, 0.3) is 0 Å². The Kier molecular flexibility index (Phi) is 9.54. The van der Waals surface area contributed by atoms with E-state index in [1.807, 2.05) is 6.26 Å². The second kappa shape index (κ2) is 9.96. The fraction of sp³-hybridized carbons (Fsp3) is 0.462. The molecule has 0 fully saturated rings. The predicted molar refractivity (Wildman–Crippen MR) is 81.3 cm³/mol. The van der Waals surface area contributed by atoms with Gasteiger partial charge >= 0.3 is 0 Å². The Morgan fingerprint density at radius 3 is 2.55 bits per heavy atom. The zero-order valence-corrected chi connectivity index (χ0v) is 12.8. The summed E-state index contributed by atoms with van der Waals surface area (Å²) in [6, 6.07) is 3.14. The lowest BCUT2D eigenvalue weighted by atomic mass is 10.1. The summed E-state index contributed by atoms with van der Waals surface area (Å²) in [5.41, 5.74) is 5.66. The van der Waals surface area contributed by atoms with Crippen LogP contribution in [0.15, 0.2) is 18.2 Å². The molecule has 0 unspecified atom stereocenters. The van der Waals surface area contributed by atoms with Gasteiger partial charge in [0.05, 0.1) is 6.04 Å². The summed E-state index contributed by atoms with van der Waals surface area (Å²) in [7, 11) is 0. The molecule has 0 aromatic heterocycles. The second-order valence-electron chi connectivity index (χ2n) is 4.13. The van der Waals surface area contributed by atoms with Gasteiger partial charge in [-0.1, -0.05) is 6.07 Å². The molecule has 3 nitrogen and oxygen atoms in total. The van der Waals surface area contributed by atoms with E-state index in [-0.39, 0.29) is 36.8 Å². The highest BCUT2D eigenvalue weighted by Crippen LogP contribution is 2.12. The Balaban J connectivity index is 0.00000361. The van der Waals surface area contributed by atoms with Crippen LogP contribution in [0.4, 0.5) is 8.78 Å². The number of benzene rings is 1. The number of hydrogen-bond acceptors (Lipinski definition) is 3. The van der Waals surface area contributed by atoms with E-state index in [0.717, 1.165) is 5.75 Å². The minimum Gasteiger partial charge on any atom is -0.354 e. The Morgan fingerprint density at radius 2 is 2.00 bits per heavy atom. The fourth-order valence-corrected chi connectivity index (χ4v) is 2.08. The van der Waals surface area contributed by atoms with Gasteiger partial charge in [0, 0.05) is 12.1 Å². The van der Waals surface area contributed by atoms with Crippen LogP contribution >= 0.6 is 24.2 Å². The van der Waals surface area contributed by atoms with Gasteiger partial charge in [0.2, 0.25) is 5.91 Å². The van der Waals surface area contributed by atoms with Gasteiger partial charge in [0.15, 0.2) is 0 Å². The highest BCUT2D eigenvalue weighted by atomic mass is 35.5. The van der Waals surface area contributed by atoms with Crippen molar-refractivity contribution in [2.45, 2.75) is 18.9 Å². The zero-order chi connectivity index (χ0) is 14.3. The molecule has 114 valence electrons. The lowest BCUT2D eigenvalue weighted by Gasteiger charge is -2.12. The zero-order valence-electron chi connectivity index (χ0n) is 11.2. The van der Waals surface area contributed by atoms with Gasteiger partial charge in [-0.3, -0.25) is 4.79 Å². The third kappa shape index (κ3) is 6.07. The fourth-order valence-electron chi connectivity index (χ4n) is 1.59. The molecular weight excluding hydrogens is 306 g/mol. The highest BCUT2D eigenvalue weighted by Gasteiger charge is 2.13. The van der Waals surface area contributed by atoms with E-state index in [0.29, 0.717) is 6.42 Å². The summed E-state index contributed by atoms with van der Waals surface area (Å²) in [4.78, 5) is 11.6. The van der Waals surface area contributed by atoms with Crippen molar-refractivity contribution in [2.24, 2.45) is 5.73 Å². The number of carbonyl (C=O) groups excluding carboxylic acids is 1. The third-order valence-corrected chi connectivity index (χ3v) is 3.35. The van der Waals surface area contributed by atoms with E-state index in [4.69, 9.17) is 5.73 Å². The molecule has 1 rings (SSSR count). The van der Waals surface area contributed by atoms with Gasteiger partial charge in [0.25, 0.3) is 0 Å². The standard InChI is InChI=1S/C13H18F2N2OS.ClH/c1-19-8-6-12(16)13(18)17-7-5-9-10(14)3-2-4-11(9)15;/h2-4,12H,5-8,16H2,1H3,(H,17,18);1H/t12-;/m0./s1. The van der Waals surface area contributed by atoms with E-state index in [1.165, 1.54) is 18.2 Å². The molecule has 0 heterocycles. The van der Waals surface area contributed by atoms with Crippen molar-refractivity contribution >= 4 is 30.1 Å². The SMILES string of the molecule is CSCC[C@H](N)C(=O)NCCc1c(F)cccc1F.Cl. The number of nitrogens with one attached hydrogen (secondary N) is 1. The molecule has 1 aromatic rings. The van der Waals surface area contributed by atoms with Crippen molar-refractivity contribution in [3.05, 3.63) is 35.4 Å². The highest BCUT2D eigenvalue weighted by molar-refractivity contribution is 7.98. The summed E-state index contributed by atoms with van der Waals surface area (Å²) in [6.45, 7) is 0.170. The van der Waals surface area contributed by atoms with Crippen molar-refractivity contribution < 1.29 is 13.6 Å². The van der Waals surface area contributed by atoms with Gasteiger partial charge in [0.1, 0.15) is 11.6 Å². The Labute approximate surface area is 128 Å². The van der Waals surface area contributed by atoms with Crippen LogP contribution in [0.1, 0.15) is 12.0 Å². The van der Waals surface area contributed by atoms with Crippen LogP contribution in [0.2, 0.25) is 0 Å². The molecule has 1 amide bonds. The van der Waals surface area contributed by atoms with Crippen LogP contribution in [-0.2, 0) is 11.2 Å². The number of halogens is 3. The minimum atomic E-state index is -0.596. The number of rotatable bonds is 7. The van der Waals surface area contributed by atoms with Gasteiger partial charge in [-0.25, -0.2) is 8.78 Å². The van der Waals surface area contributed by atoms with E-state index >= 15 is 0 Å². The Morgan fingerprint density at radius 1 is 1.40 bits per heavy atom. The van der Waals surface area contributed by atoms with E-state index in [9.17, 15) is 13.6 Å². The second-order valence-corrected chi connectivity index (χ2v) is 5.11. The van der Waals surface area contributed by atoms with Crippen molar-refractivity contribution in [3.8, 4) is 0 Å². The first-order valence-electron chi connectivity index (χ1n) is 6.01. The molecule has 0 bridgehead atoms. The predicted octanol–water partition coefficient (Wildman–Crippen LogP) is 2.13. The van der Waals surface area contributed by atoms with Crippen molar-refractivity contribution in [2.75, 3.05) is 18.6 Å². The first-order valence-corrected chi connectivity index (χ1v) is 7.40. The molecule has 20 heavy (non-hydrogen) atoms.